The zero-order valence-electron chi connectivity index (χ0n) is 8.32. The van der Waals surface area contributed by atoms with Crippen LogP contribution in [0.4, 0.5) is 5.69 Å². The van der Waals surface area contributed by atoms with E-state index in [4.69, 9.17) is 0 Å². The van der Waals surface area contributed by atoms with E-state index in [1.54, 1.807) is 0 Å². The summed E-state index contributed by atoms with van der Waals surface area (Å²) in [5, 5.41) is 13.2. The van der Waals surface area contributed by atoms with Crippen LogP contribution in [0.15, 0.2) is 30.3 Å². The minimum absolute atomic E-state index is 0. The van der Waals surface area contributed by atoms with Gasteiger partial charge in [-0.15, -0.1) is 0 Å². The fourth-order valence-corrected chi connectivity index (χ4v) is 1.02. The van der Waals surface area contributed by atoms with Crippen LogP contribution in [0.5, 0.6) is 0 Å². The number of carboxylic acid groups (broad SMARTS) is 1. The van der Waals surface area contributed by atoms with E-state index in [2.05, 4.69) is 5.32 Å². The maximum atomic E-state index is 10.1. The monoisotopic (exact) mass is 185 g/mol. The second kappa shape index (κ2) is 7.49. The molecular formula is C10H12LiNO2. The number of carbonyl (C=O) groups is 1. The third-order valence-corrected chi connectivity index (χ3v) is 1.66. The second-order valence-electron chi connectivity index (χ2n) is 2.77. The van der Waals surface area contributed by atoms with Gasteiger partial charge < -0.3 is 15.2 Å². The van der Waals surface area contributed by atoms with Crippen molar-refractivity contribution in [2.24, 2.45) is 0 Å². The van der Waals surface area contributed by atoms with Crippen molar-refractivity contribution in [3.8, 4) is 0 Å². The SMILES string of the molecule is O=C([O-])CCCNc1ccccc1.[Li+]. The number of carbonyl (C=O) groups excluding carboxylic acids is 1. The molecule has 0 heterocycles. The van der Waals surface area contributed by atoms with E-state index in [1.165, 1.54) is 0 Å². The standard InChI is InChI=1S/C10H13NO2.Li/c12-10(13)7-4-8-11-9-5-2-1-3-6-9;/h1-3,5-6,11H,4,7-8H2,(H,12,13);/q;+1/p-1. The summed E-state index contributed by atoms with van der Waals surface area (Å²) in [7, 11) is 0. The molecule has 0 fully saturated rings. The fourth-order valence-electron chi connectivity index (χ4n) is 1.02. The number of rotatable bonds is 5. The van der Waals surface area contributed by atoms with Crippen molar-refractivity contribution in [3.05, 3.63) is 30.3 Å². The molecule has 0 spiro atoms. The maximum absolute atomic E-state index is 10.1. The van der Waals surface area contributed by atoms with Crippen LogP contribution >= 0.6 is 0 Å². The fraction of sp³-hybridized carbons (Fsp3) is 0.300. The normalized spacial score (nSPS) is 8.86. The van der Waals surface area contributed by atoms with E-state index in [-0.39, 0.29) is 25.3 Å². The minimum atomic E-state index is -0.991. The summed E-state index contributed by atoms with van der Waals surface area (Å²) in [6.07, 6.45) is 0.705. The van der Waals surface area contributed by atoms with Gasteiger partial charge in [-0.25, -0.2) is 0 Å². The summed E-state index contributed by atoms with van der Waals surface area (Å²) in [4.78, 5) is 10.1. The quantitative estimate of drug-likeness (QED) is 0.412. The molecule has 70 valence electrons. The van der Waals surface area contributed by atoms with E-state index < -0.39 is 5.97 Å². The Morgan fingerprint density at radius 3 is 2.50 bits per heavy atom. The number of carboxylic acids is 1. The molecule has 0 unspecified atom stereocenters. The number of para-hydroxylation sites is 1. The second-order valence-corrected chi connectivity index (χ2v) is 2.77. The first-order valence-electron chi connectivity index (χ1n) is 4.28. The molecule has 0 saturated heterocycles. The summed E-state index contributed by atoms with van der Waals surface area (Å²) in [6, 6.07) is 9.69. The van der Waals surface area contributed by atoms with E-state index in [0.29, 0.717) is 13.0 Å². The molecular weight excluding hydrogens is 173 g/mol. The van der Waals surface area contributed by atoms with Crippen molar-refractivity contribution in [1.29, 1.82) is 0 Å². The van der Waals surface area contributed by atoms with Crippen molar-refractivity contribution >= 4 is 11.7 Å². The molecule has 0 bridgehead atoms. The van der Waals surface area contributed by atoms with Crippen molar-refractivity contribution in [2.45, 2.75) is 12.8 Å². The first-order valence-corrected chi connectivity index (χ1v) is 4.28. The molecule has 0 atom stereocenters. The van der Waals surface area contributed by atoms with E-state index >= 15 is 0 Å². The van der Waals surface area contributed by atoms with Crippen LogP contribution in [0.2, 0.25) is 0 Å². The average Bonchev–Trinajstić information content (AvgIpc) is 2.14. The van der Waals surface area contributed by atoms with Crippen molar-refractivity contribution in [3.63, 3.8) is 0 Å². The predicted molar refractivity (Wildman–Crippen MR) is 49.2 cm³/mol. The van der Waals surface area contributed by atoms with Crippen LogP contribution in [-0.2, 0) is 4.79 Å². The molecule has 1 aromatic rings. The topological polar surface area (TPSA) is 52.2 Å². The number of anilines is 1. The Labute approximate surface area is 95.7 Å². The number of hydrogen-bond donors (Lipinski definition) is 1. The Hall–Kier alpha value is -0.913. The molecule has 1 aromatic carbocycles. The van der Waals surface area contributed by atoms with Gasteiger partial charge in [-0.2, -0.15) is 0 Å². The van der Waals surface area contributed by atoms with E-state index in [0.717, 1.165) is 5.69 Å². The summed E-state index contributed by atoms with van der Waals surface area (Å²) in [5.41, 5.74) is 1.01. The van der Waals surface area contributed by atoms with Crippen LogP contribution < -0.4 is 29.3 Å². The van der Waals surface area contributed by atoms with Gasteiger partial charge in [0.15, 0.2) is 0 Å². The Morgan fingerprint density at radius 2 is 1.93 bits per heavy atom. The van der Waals surface area contributed by atoms with Crippen LogP contribution in [0, 0.1) is 0 Å². The Balaban J connectivity index is 0.00000169. The average molecular weight is 185 g/mol. The van der Waals surface area contributed by atoms with Gasteiger partial charge in [0.2, 0.25) is 0 Å². The zero-order chi connectivity index (χ0) is 9.52. The molecule has 0 aliphatic carbocycles. The summed E-state index contributed by atoms with van der Waals surface area (Å²) in [6.45, 7) is 0.665. The smallest absolute Gasteiger partial charge is 0.550 e. The Morgan fingerprint density at radius 1 is 1.29 bits per heavy atom. The van der Waals surface area contributed by atoms with Crippen molar-refractivity contribution in [2.75, 3.05) is 11.9 Å². The van der Waals surface area contributed by atoms with Crippen molar-refractivity contribution in [1.82, 2.24) is 0 Å². The zero-order valence-corrected chi connectivity index (χ0v) is 8.32. The minimum Gasteiger partial charge on any atom is -0.550 e. The van der Waals surface area contributed by atoms with Crippen LogP contribution in [0.1, 0.15) is 12.8 Å². The van der Waals surface area contributed by atoms with Crippen LogP contribution in [0.3, 0.4) is 0 Å². The Kier molecular flexibility index (Phi) is 7.00. The largest absolute Gasteiger partial charge is 1.00 e. The molecule has 0 radical (unpaired) electrons. The number of benzene rings is 1. The maximum Gasteiger partial charge on any atom is 1.00 e. The summed E-state index contributed by atoms with van der Waals surface area (Å²) < 4.78 is 0. The summed E-state index contributed by atoms with van der Waals surface area (Å²) in [5.74, 6) is -0.991. The van der Waals surface area contributed by atoms with E-state index in [9.17, 15) is 9.90 Å². The molecule has 1 N–H and O–H groups in total. The summed E-state index contributed by atoms with van der Waals surface area (Å²) >= 11 is 0. The Bertz CT molecular complexity index is 264. The van der Waals surface area contributed by atoms with Crippen LogP contribution in [0.25, 0.3) is 0 Å². The van der Waals surface area contributed by atoms with Gasteiger partial charge in [0.05, 0.1) is 0 Å². The molecule has 0 aliphatic rings. The first-order chi connectivity index (χ1) is 6.29. The molecule has 14 heavy (non-hydrogen) atoms. The molecule has 0 aliphatic heterocycles. The number of hydrogen-bond acceptors (Lipinski definition) is 3. The van der Waals surface area contributed by atoms with Gasteiger partial charge in [0.25, 0.3) is 0 Å². The van der Waals surface area contributed by atoms with Gasteiger partial charge >= 0.3 is 18.9 Å². The predicted octanol–water partition coefficient (Wildman–Crippen LogP) is -2.37. The first kappa shape index (κ1) is 13.1. The molecule has 3 nitrogen and oxygen atoms in total. The number of aliphatic carboxylic acids is 1. The van der Waals surface area contributed by atoms with Gasteiger partial charge in [0.1, 0.15) is 0 Å². The van der Waals surface area contributed by atoms with Gasteiger partial charge in [-0.3, -0.25) is 0 Å². The third kappa shape index (κ3) is 5.68. The molecule has 4 heteroatoms. The van der Waals surface area contributed by atoms with Crippen molar-refractivity contribution < 1.29 is 28.8 Å². The van der Waals surface area contributed by atoms with Gasteiger partial charge in [-0.1, -0.05) is 18.2 Å². The molecule has 0 saturated carbocycles. The van der Waals surface area contributed by atoms with Gasteiger partial charge in [-0.05, 0) is 25.0 Å². The molecule has 0 amide bonds. The van der Waals surface area contributed by atoms with Crippen LogP contribution in [-0.4, -0.2) is 12.5 Å². The molecule has 0 aromatic heterocycles. The van der Waals surface area contributed by atoms with Gasteiger partial charge in [0, 0.05) is 18.2 Å². The number of nitrogens with one attached hydrogen (secondary N) is 1. The molecule has 1 rings (SSSR count). The third-order valence-electron chi connectivity index (χ3n) is 1.66. The van der Waals surface area contributed by atoms with E-state index in [1.807, 2.05) is 30.3 Å².